The van der Waals surface area contributed by atoms with E-state index in [4.69, 9.17) is 16.7 Å². The molecule has 1 heterocycles. The summed E-state index contributed by atoms with van der Waals surface area (Å²) in [6.07, 6.45) is -0.366. The van der Waals surface area contributed by atoms with Crippen molar-refractivity contribution < 1.29 is 19.1 Å². The Morgan fingerprint density at radius 2 is 1.89 bits per heavy atom. The smallest absolute Gasteiger partial charge is 0.305 e. The Kier molecular flexibility index (Phi) is 5.60. The van der Waals surface area contributed by atoms with Crippen molar-refractivity contribution in [3.05, 3.63) is 87.0 Å². The molecule has 7 nitrogen and oxygen atoms in total. The fourth-order valence-electron chi connectivity index (χ4n) is 2.68. The number of nitrogens with one attached hydrogen (secondary N) is 2. The Morgan fingerprint density at radius 3 is 2.54 bits per heavy atom. The Hall–Kier alpha value is -3.39. The molecule has 144 valence electrons. The zero-order chi connectivity index (χ0) is 20.3. The summed E-state index contributed by atoms with van der Waals surface area (Å²) < 4.78 is 14.1. The van der Waals surface area contributed by atoms with Gasteiger partial charge in [-0.05, 0) is 42.0 Å². The third-order valence-electron chi connectivity index (χ3n) is 3.99. The van der Waals surface area contributed by atoms with Crippen molar-refractivity contribution in [3.8, 4) is 5.69 Å². The maximum absolute atomic E-state index is 13.1. The number of carbonyl (C=O) groups excluding carboxylic acids is 1. The van der Waals surface area contributed by atoms with E-state index < -0.39 is 29.3 Å². The molecule has 3 aromatic rings. The number of aromatic amines is 1. The minimum atomic E-state index is -1.11. The van der Waals surface area contributed by atoms with Gasteiger partial charge < -0.3 is 10.4 Å². The van der Waals surface area contributed by atoms with Gasteiger partial charge in [-0.3, -0.25) is 19.5 Å². The highest BCUT2D eigenvalue weighted by molar-refractivity contribution is 6.30. The maximum Gasteiger partial charge on any atom is 0.305 e. The predicted octanol–water partition coefficient (Wildman–Crippen LogP) is 2.90. The third-order valence-corrected chi connectivity index (χ3v) is 4.22. The molecule has 0 unspecified atom stereocenters. The van der Waals surface area contributed by atoms with Crippen LogP contribution in [0.5, 0.6) is 0 Å². The Labute approximate surface area is 163 Å². The van der Waals surface area contributed by atoms with Gasteiger partial charge in [-0.1, -0.05) is 23.7 Å². The molecular formula is C19H15ClFN3O4. The second-order valence-corrected chi connectivity index (χ2v) is 6.44. The van der Waals surface area contributed by atoms with Gasteiger partial charge >= 0.3 is 5.97 Å². The lowest BCUT2D eigenvalue weighted by molar-refractivity contribution is -0.137. The molecule has 3 N–H and O–H groups in total. The van der Waals surface area contributed by atoms with Gasteiger partial charge in [-0.15, -0.1) is 0 Å². The second-order valence-electron chi connectivity index (χ2n) is 6.00. The molecule has 0 radical (unpaired) electrons. The van der Waals surface area contributed by atoms with Crippen LogP contribution in [0.4, 0.5) is 4.39 Å². The van der Waals surface area contributed by atoms with Gasteiger partial charge in [-0.2, -0.15) is 0 Å². The number of halogens is 2. The summed E-state index contributed by atoms with van der Waals surface area (Å²) in [4.78, 5) is 35.9. The SMILES string of the molecule is O=C(O)C[C@H](NC(=O)c1cc(=O)n(-c2ccc(F)cc2)[nH]1)c1cccc(Cl)c1. The Balaban J connectivity index is 1.86. The van der Waals surface area contributed by atoms with Crippen LogP contribution >= 0.6 is 11.6 Å². The van der Waals surface area contributed by atoms with Gasteiger partial charge in [0.15, 0.2) is 0 Å². The average molecular weight is 404 g/mol. The summed E-state index contributed by atoms with van der Waals surface area (Å²) in [6, 6.07) is 11.8. The number of H-pyrrole nitrogens is 1. The number of aliphatic carboxylic acids is 1. The van der Waals surface area contributed by atoms with Crippen molar-refractivity contribution in [2.75, 3.05) is 0 Å². The summed E-state index contributed by atoms with van der Waals surface area (Å²) in [5.74, 6) is -2.23. The number of nitrogens with zero attached hydrogens (tertiary/aromatic N) is 1. The van der Waals surface area contributed by atoms with E-state index in [0.29, 0.717) is 16.3 Å². The van der Waals surface area contributed by atoms with Gasteiger partial charge in [0, 0.05) is 11.1 Å². The molecule has 3 rings (SSSR count). The van der Waals surface area contributed by atoms with Gasteiger partial charge in [0.05, 0.1) is 18.2 Å². The zero-order valence-electron chi connectivity index (χ0n) is 14.4. The first-order chi connectivity index (χ1) is 13.3. The van der Waals surface area contributed by atoms with Gasteiger partial charge in [0.25, 0.3) is 11.5 Å². The number of carbonyl (C=O) groups is 2. The Morgan fingerprint density at radius 1 is 1.18 bits per heavy atom. The van der Waals surface area contributed by atoms with Crippen LogP contribution in [0.15, 0.2) is 59.4 Å². The van der Waals surface area contributed by atoms with E-state index in [-0.39, 0.29) is 12.1 Å². The largest absolute Gasteiger partial charge is 0.481 e. The van der Waals surface area contributed by atoms with Gasteiger partial charge in [0.1, 0.15) is 11.5 Å². The van der Waals surface area contributed by atoms with Crippen LogP contribution in [0.2, 0.25) is 5.02 Å². The molecule has 1 amide bonds. The highest BCUT2D eigenvalue weighted by Crippen LogP contribution is 2.21. The van der Waals surface area contributed by atoms with Crippen molar-refractivity contribution >= 4 is 23.5 Å². The lowest BCUT2D eigenvalue weighted by Gasteiger charge is -2.17. The van der Waals surface area contributed by atoms with Crippen LogP contribution in [0.1, 0.15) is 28.5 Å². The first-order valence-corrected chi connectivity index (χ1v) is 8.57. The van der Waals surface area contributed by atoms with Gasteiger partial charge in [0.2, 0.25) is 0 Å². The molecule has 0 aliphatic heterocycles. The van der Waals surface area contributed by atoms with E-state index in [1.54, 1.807) is 24.3 Å². The summed E-state index contributed by atoms with van der Waals surface area (Å²) in [5.41, 5.74) is 0.284. The molecule has 1 atom stereocenters. The van der Waals surface area contributed by atoms with Crippen LogP contribution in [0, 0.1) is 5.82 Å². The van der Waals surface area contributed by atoms with E-state index >= 15 is 0 Å². The number of carboxylic acids is 1. The van der Waals surface area contributed by atoms with E-state index in [9.17, 15) is 18.8 Å². The topological polar surface area (TPSA) is 104 Å². The van der Waals surface area contributed by atoms with Crippen LogP contribution in [-0.4, -0.2) is 26.8 Å². The molecule has 0 saturated carbocycles. The molecule has 28 heavy (non-hydrogen) atoms. The van der Waals surface area contributed by atoms with Crippen LogP contribution in [0.25, 0.3) is 5.69 Å². The van der Waals surface area contributed by atoms with Crippen molar-refractivity contribution in [2.24, 2.45) is 0 Å². The van der Waals surface area contributed by atoms with E-state index in [1.807, 2.05) is 0 Å². The van der Waals surface area contributed by atoms with Crippen LogP contribution < -0.4 is 10.9 Å². The minimum Gasteiger partial charge on any atom is -0.481 e. The molecule has 2 aromatic carbocycles. The van der Waals surface area contributed by atoms with Crippen molar-refractivity contribution in [3.63, 3.8) is 0 Å². The highest BCUT2D eigenvalue weighted by Gasteiger charge is 2.21. The number of hydrogen-bond acceptors (Lipinski definition) is 3. The summed E-state index contributed by atoms with van der Waals surface area (Å²) >= 11 is 5.94. The van der Waals surface area contributed by atoms with E-state index in [2.05, 4.69) is 10.4 Å². The average Bonchev–Trinajstić information content (AvgIpc) is 3.03. The van der Waals surface area contributed by atoms with Gasteiger partial charge in [-0.25, -0.2) is 9.07 Å². The first kappa shape index (κ1) is 19.4. The lowest BCUT2D eigenvalue weighted by atomic mass is 10.0. The fraction of sp³-hybridized carbons (Fsp3) is 0.105. The maximum atomic E-state index is 13.1. The summed E-state index contributed by atoms with van der Waals surface area (Å²) in [7, 11) is 0. The van der Waals surface area contributed by atoms with E-state index in [1.165, 1.54) is 24.3 Å². The second kappa shape index (κ2) is 8.10. The highest BCUT2D eigenvalue weighted by atomic mass is 35.5. The molecule has 0 saturated heterocycles. The fourth-order valence-corrected chi connectivity index (χ4v) is 2.88. The Bertz CT molecular complexity index is 1080. The number of benzene rings is 2. The third kappa shape index (κ3) is 4.47. The van der Waals surface area contributed by atoms with Crippen molar-refractivity contribution in [2.45, 2.75) is 12.5 Å². The monoisotopic (exact) mass is 403 g/mol. The number of carboxylic acid groups (broad SMARTS) is 1. The lowest BCUT2D eigenvalue weighted by Crippen LogP contribution is -2.30. The quantitative estimate of drug-likeness (QED) is 0.588. The number of aromatic nitrogens is 2. The van der Waals surface area contributed by atoms with Crippen molar-refractivity contribution in [1.82, 2.24) is 15.1 Å². The normalized spacial score (nSPS) is 11.8. The summed E-state index contributed by atoms with van der Waals surface area (Å²) in [6.45, 7) is 0. The molecule has 0 spiro atoms. The molecule has 1 aromatic heterocycles. The van der Waals surface area contributed by atoms with Crippen LogP contribution in [-0.2, 0) is 4.79 Å². The summed E-state index contributed by atoms with van der Waals surface area (Å²) in [5, 5.41) is 14.8. The molecule has 0 aliphatic rings. The minimum absolute atomic E-state index is 0.0632. The number of rotatable bonds is 6. The first-order valence-electron chi connectivity index (χ1n) is 8.19. The van der Waals surface area contributed by atoms with Crippen molar-refractivity contribution in [1.29, 1.82) is 0 Å². The van der Waals surface area contributed by atoms with Crippen LogP contribution in [0.3, 0.4) is 0 Å². The molecule has 0 aliphatic carbocycles. The zero-order valence-corrected chi connectivity index (χ0v) is 15.1. The number of amides is 1. The predicted molar refractivity (Wildman–Crippen MR) is 100 cm³/mol. The number of hydrogen-bond donors (Lipinski definition) is 3. The molecule has 9 heteroatoms. The molecule has 0 fully saturated rings. The molecular weight excluding hydrogens is 389 g/mol. The molecule has 0 bridgehead atoms. The standard InChI is InChI=1S/C19H15ClFN3O4/c20-12-3-1-2-11(8-12)15(10-18(26)27)22-19(28)16-9-17(25)24(23-16)14-6-4-13(21)5-7-14/h1-9,15,23H,10H2,(H,22,28)(H,26,27)/t15-/m0/s1. The van der Waals surface area contributed by atoms with E-state index in [0.717, 1.165) is 10.7 Å².